The molecule has 2 unspecified atom stereocenters. The Morgan fingerprint density at radius 1 is 0.585 bits per heavy atom. The normalized spacial score (nSPS) is 14.2. The monoisotopic (exact) mass is 736 g/mol. The number of likely N-dealkylation sites (N-methyl/N-ethyl adjacent to an activating group) is 1. The van der Waals surface area contributed by atoms with Crippen molar-refractivity contribution in [1.29, 1.82) is 0 Å². The van der Waals surface area contributed by atoms with Crippen LogP contribution in [0, 0.1) is 0 Å². The molecule has 0 heterocycles. The van der Waals surface area contributed by atoms with E-state index in [0.717, 1.165) is 57.8 Å². The van der Waals surface area contributed by atoms with E-state index in [4.69, 9.17) is 14.2 Å². The number of allylic oxidation sites excluding steroid dienone is 18. The Kier molecular flexibility index (Phi) is 32.4. The van der Waals surface area contributed by atoms with Gasteiger partial charge >= 0.3 is 11.9 Å². The number of nitrogens with zero attached hydrogens (tertiary/aromatic N) is 1. The molecule has 0 rings (SSSR count). The molecule has 0 aliphatic heterocycles. The van der Waals surface area contributed by atoms with Crippen LogP contribution in [0.4, 0.5) is 0 Å². The summed E-state index contributed by atoms with van der Waals surface area (Å²) < 4.78 is 17.0. The molecule has 0 fully saturated rings. The third-order valence-corrected chi connectivity index (χ3v) is 7.78. The molecule has 0 saturated heterocycles. The summed E-state index contributed by atoms with van der Waals surface area (Å²) in [5, 5.41) is 11.6. The molecule has 0 aromatic heterocycles. The van der Waals surface area contributed by atoms with Gasteiger partial charge in [-0.2, -0.15) is 0 Å². The summed E-state index contributed by atoms with van der Waals surface area (Å²) in [4.78, 5) is 36.7. The number of carboxylic acid groups (broad SMARTS) is 1. The van der Waals surface area contributed by atoms with Crippen LogP contribution < -0.4 is 5.11 Å². The molecule has 0 aromatic rings. The van der Waals surface area contributed by atoms with Crippen molar-refractivity contribution in [2.75, 3.05) is 41.0 Å². The van der Waals surface area contributed by atoms with Gasteiger partial charge in [0.05, 0.1) is 40.3 Å². The summed E-state index contributed by atoms with van der Waals surface area (Å²) in [6.45, 7) is 4.24. The van der Waals surface area contributed by atoms with E-state index in [0.29, 0.717) is 12.8 Å². The standard InChI is InChI=1S/C45H69NO7/c1-6-8-10-12-14-16-18-20-21-22-24-25-27-29-31-33-35-43(47)52-40-41(39-51-38-37-42(45(49)50)46(3,4)5)53-44(48)36-34-32-30-28-26-23-19-17-15-13-11-9-7-2/h8-11,13-17,19-21,23-26,28,30,41-42H,6-7,12,18,22,27,29,31-40H2,1-5H3/b10-8+,11-9+,15-13+,16-14+,19-17+,21-20+,25-24+,26-23+,30-28+. The molecule has 0 N–H and O–H groups in total. The topological polar surface area (TPSA) is 102 Å². The van der Waals surface area contributed by atoms with Gasteiger partial charge in [-0.1, -0.05) is 130 Å². The predicted octanol–water partition coefficient (Wildman–Crippen LogP) is 8.79. The summed E-state index contributed by atoms with van der Waals surface area (Å²) >= 11 is 0. The first-order chi connectivity index (χ1) is 25.6. The summed E-state index contributed by atoms with van der Waals surface area (Å²) in [5.41, 5.74) is 0. The average Bonchev–Trinajstić information content (AvgIpc) is 3.11. The Morgan fingerprint density at radius 2 is 1.11 bits per heavy atom. The van der Waals surface area contributed by atoms with Crippen LogP contribution in [-0.2, 0) is 28.6 Å². The minimum absolute atomic E-state index is 0.00685. The van der Waals surface area contributed by atoms with Crippen molar-refractivity contribution in [2.45, 2.75) is 116 Å². The number of carboxylic acids is 1. The maximum atomic E-state index is 12.6. The minimum atomic E-state index is -1.15. The van der Waals surface area contributed by atoms with E-state index in [1.54, 1.807) is 21.1 Å². The molecular weight excluding hydrogens is 666 g/mol. The quantitative estimate of drug-likeness (QED) is 0.0224. The summed E-state index contributed by atoms with van der Waals surface area (Å²) in [5.74, 6) is -1.90. The molecule has 8 heteroatoms. The summed E-state index contributed by atoms with van der Waals surface area (Å²) in [6, 6.07) is -0.750. The van der Waals surface area contributed by atoms with Gasteiger partial charge in [0.15, 0.2) is 6.10 Å². The van der Waals surface area contributed by atoms with Crippen molar-refractivity contribution < 1.29 is 38.2 Å². The molecule has 0 aromatic carbocycles. The molecular formula is C45H69NO7. The zero-order valence-electron chi connectivity index (χ0n) is 33.4. The van der Waals surface area contributed by atoms with E-state index in [-0.39, 0.29) is 49.5 Å². The van der Waals surface area contributed by atoms with Crippen LogP contribution in [0.15, 0.2) is 109 Å². The highest BCUT2D eigenvalue weighted by Gasteiger charge is 2.25. The van der Waals surface area contributed by atoms with E-state index in [1.165, 1.54) is 0 Å². The average molecular weight is 736 g/mol. The molecule has 53 heavy (non-hydrogen) atoms. The highest BCUT2D eigenvalue weighted by Crippen LogP contribution is 2.10. The zero-order chi connectivity index (χ0) is 39.3. The van der Waals surface area contributed by atoms with Gasteiger partial charge in [-0.05, 0) is 64.2 Å². The number of unbranched alkanes of at least 4 members (excludes halogenated alkanes) is 4. The third-order valence-electron chi connectivity index (χ3n) is 7.78. The van der Waals surface area contributed by atoms with E-state index in [1.807, 2.05) is 54.7 Å². The molecule has 0 saturated carbocycles. The van der Waals surface area contributed by atoms with E-state index in [2.05, 4.69) is 68.5 Å². The third kappa shape index (κ3) is 33.6. The first-order valence-electron chi connectivity index (χ1n) is 19.5. The molecule has 0 aliphatic carbocycles. The van der Waals surface area contributed by atoms with Crippen LogP contribution >= 0.6 is 0 Å². The molecule has 0 radical (unpaired) electrons. The van der Waals surface area contributed by atoms with E-state index >= 15 is 0 Å². The van der Waals surface area contributed by atoms with Crippen LogP contribution in [0.3, 0.4) is 0 Å². The number of carbonyl (C=O) groups excluding carboxylic acids is 3. The first kappa shape index (κ1) is 49.0. The van der Waals surface area contributed by atoms with Crippen molar-refractivity contribution in [3.8, 4) is 0 Å². The Labute approximate surface area is 321 Å². The van der Waals surface area contributed by atoms with Gasteiger partial charge in [0, 0.05) is 19.3 Å². The number of quaternary nitrogens is 1. The number of ether oxygens (including phenoxy) is 3. The lowest BCUT2D eigenvalue weighted by atomic mass is 10.1. The largest absolute Gasteiger partial charge is 0.544 e. The fourth-order valence-corrected chi connectivity index (χ4v) is 4.79. The molecule has 0 bridgehead atoms. The molecule has 2 atom stereocenters. The van der Waals surface area contributed by atoms with Crippen LogP contribution in [-0.4, -0.2) is 75.5 Å². The number of rotatable bonds is 32. The van der Waals surface area contributed by atoms with Crippen LogP contribution in [0.5, 0.6) is 0 Å². The van der Waals surface area contributed by atoms with Crippen molar-refractivity contribution >= 4 is 17.9 Å². The SMILES string of the molecule is CC/C=C/C=C/C=C/C=C/C=C/CCCC(=O)OC(COCCC(C(=O)[O-])[N+](C)(C)C)COC(=O)CCCCC/C=C/C/C=C/C/C=C/C/C=C/CC. The number of hydrogen-bond acceptors (Lipinski definition) is 7. The highest BCUT2D eigenvalue weighted by atomic mass is 16.6. The number of hydrogen-bond donors (Lipinski definition) is 0. The van der Waals surface area contributed by atoms with Gasteiger partial charge in [0.2, 0.25) is 0 Å². The van der Waals surface area contributed by atoms with Crippen molar-refractivity contribution in [3.63, 3.8) is 0 Å². The van der Waals surface area contributed by atoms with Crippen LogP contribution in [0.2, 0.25) is 0 Å². The van der Waals surface area contributed by atoms with Crippen LogP contribution in [0.1, 0.15) is 104 Å². The van der Waals surface area contributed by atoms with Crippen molar-refractivity contribution in [2.24, 2.45) is 0 Å². The predicted molar refractivity (Wildman–Crippen MR) is 217 cm³/mol. The fraction of sp³-hybridized carbons (Fsp3) is 0.533. The summed E-state index contributed by atoms with van der Waals surface area (Å²) in [7, 11) is 5.34. The molecule has 8 nitrogen and oxygen atoms in total. The molecule has 0 aliphatic rings. The number of esters is 2. The van der Waals surface area contributed by atoms with Gasteiger partial charge in [0.25, 0.3) is 0 Å². The second-order valence-corrected chi connectivity index (χ2v) is 13.5. The molecule has 296 valence electrons. The zero-order valence-corrected chi connectivity index (χ0v) is 33.4. The van der Waals surface area contributed by atoms with Crippen molar-refractivity contribution in [3.05, 3.63) is 109 Å². The Morgan fingerprint density at radius 3 is 1.70 bits per heavy atom. The highest BCUT2D eigenvalue weighted by molar-refractivity contribution is 5.70. The van der Waals surface area contributed by atoms with Gasteiger partial charge in [-0.15, -0.1) is 0 Å². The maximum Gasteiger partial charge on any atom is 0.306 e. The fourth-order valence-electron chi connectivity index (χ4n) is 4.79. The van der Waals surface area contributed by atoms with Gasteiger partial charge in [0.1, 0.15) is 12.6 Å². The van der Waals surface area contributed by atoms with Crippen molar-refractivity contribution in [1.82, 2.24) is 0 Å². The minimum Gasteiger partial charge on any atom is -0.544 e. The second-order valence-electron chi connectivity index (χ2n) is 13.5. The number of aliphatic carboxylic acids is 1. The van der Waals surface area contributed by atoms with Gasteiger partial charge in [-0.25, -0.2) is 0 Å². The maximum absolute atomic E-state index is 12.6. The van der Waals surface area contributed by atoms with Gasteiger partial charge < -0.3 is 28.6 Å². The smallest absolute Gasteiger partial charge is 0.306 e. The Bertz CT molecular complexity index is 1230. The van der Waals surface area contributed by atoms with Gasteiger partial charge in [-0.3, -0.25) is 9.59 Å². The second kappa shape index (κ2) is 35.0. The lowest BCUT2D eigenvalue weighted by Gasteiger charge is -2.34. The first-order valence-corrected chi connectivity index (χ1v) is 19.5. The number of carbonyl (C=O) groups is 3. The molecule has 0 spiro atoms. The lowest BCUT2D eigenvalue weighted by molar-refractivity contribution is -0.889. The lowest BCUT2D eigenvalue weighted by Crippen LogP contribution is -2.55. The Hall–Kier alpha value is -4.01. The summed E-state index contributed by atoms with van der Waals surface area (Å²) in [6.07, 6.45) is 47.0. The van der Waals surface area contributed by atoms with E-state index < -0.39 is 24.1 Å². The Balaban J connectivity index is 4.61. The van der Waals surface area contributed by atoms with E-state index in [9.17, 15) is 19.5 Å². The van der Waals surface area contributed by atoms with Crippen LogP contribution in [0.25, 0.3) is 0 Å². The molecule has 0 amide bonds.